The number of nitrogens with one attached hydrogen (secondary N) is 1. The fourth-order valence-electron chi connectivity index (χ4n) is 1.04. The highest BCUT2D eigenvalue weighted by molar-refractivity contribution is 5.82. The molecule has 3 heteroatoms. The van der Waals surface area contributed by atoms with E-state index >= 15 is 0 Å². The Bertz CT molecular complexity index is 367. The molecule has 3 nitrogen and oxygen atoms in total. The van der Waals surface area contributed by atoms with Gasteiger partial charge in [-0.15, -0.1) is 0 Å². The number of ether oxygens (including phenoxy) is 1. The lowest BCUT2D eigenvalue weighted by Crippen LogP contribution is -1.79. The molecule has 2 aromatic rings. The molecule has 11 heavy (non-hydrogen) atoms. The van der Waals surface area contributed by atoms with E-state index in [1.807, 2.05) is 6.07 Å². The SMILES string of the molecule is COc1c[nH]c2nc[c]cc12. The summed E-state index contributed by atoms with van der Waals surface area (Å²) < 4.78 is 5.08. The van der Waals surface area contributed by atoms with Crippen molar-refractivity contribution >= 4 is 11.0 Å². The summed E-state index contributed by atoms with van der Waals surface area (Å²) in [6.07, 6.45) is 3.41. The quantitative estimate of drug-likeness (QED) is 0.661. The first-order chi connectivity index (χ1) is 5.42. The third-order valence-electron chi connectivity index (χ3n) is 1.58. The molecule has 2 heterocycles. The molecule has 0 saturated carbocycles. The zero-order valence-corrected chi connectivity index (χ0v) is 6.09. The van der Waals surface area contributed by atoms with Crippen molar-refractivity contribution in [3.05, 3.63) is 24.5 Å². The van der Waals surface area contributed by atoms with Crippen molar-refractivity contribution in [3.8, 4) is 5.75 Å². The molecule has 0 bridgehead atoms. The molecule has 2 aromatic heterocycles. The largest absolute Gasteiger partial charge is 0.494 e. The second-order valence-corrected chi connectivity index (χ2v) is 2.19. The molecule has 0 aliphatic heterocycles. The Kier molecular flexibility index (Phi) is 1.28. The lowest BCUT2D eigenvalue weighted by atomic mass is 10.3. The third-order valence-corrected chi connectivity index (χ3v) is 1.58. The van der Waals surface area contributed by atoms with Gasteiger partial charge in [0.25, 0.3) is 0 Å². The lowest BCUT2D eigenvalue weighted by Gasteiger charge is -1.92. The highest BCUT2D eigenvalue weighted by Crippen LogP contribution is 2.21. The van der Waals surface area contributed by atoms with Crippen molar-refractivity contribution < 1.29 is 4.74 Å². The van der Waals surface area contributed by atoms with E-state index in [1.54, 1.807) is 19.5 Å². The van der Waals surface area contributed by atoms with Crippen LogP contribution in [0.1, 0.15) is 0 Å². The molecule has 0 aliphatic rings. The summed E-state index contributed by atoms with van der Waals surface area (Å²) in [5.74, 6) is 0.810. The summed E-state index contributed by atoms with van der Waals surface area (Å²) in [6.45, 7) is 0. The Labute approximate surface area is 64.0 Å². The molecule has 0 amide bonds. The zero-order chi connectivity index (χ0) is 7.68. The maximum Gasteiger partial charge on any atom is 0.145 e. The molecule has 2 rings (SSSR count). The third kappa shape index (κ3) is 0.852. The van der Waals surface area contributed by atoms with Crippen molar-refractivity contribution in [1.29, 1.82) is 0 Å². The predicted octanol–water partition coefficient (Wildman–Crippen LogP) is 1.37. The van der Waals surface area contributed by atoms with Crippen molar-refractivity contribution in [3.63, 3.8) is 0 Å². The van der Waals surface area contributed by atoms with E-state index in [9.17, 15) is 0 Å². The average Bonchev–Trinajstić information content (AvgIpc) is 2.47. The van der Waals surface area contributed by atoms with Gasteiger partial charge in [-0.3, -0.25) is 0 Å². The maximum atomic E-state index is 5.08. The van der Waals surface area contributed by atoms with E-state index in [0.29, 0.717) is 0 Å². The summed E-state index contributed by atoms with van der Waals surface area (Å²) in [6, 6.07) is 4.73. The fourth-order valence-corrected chi connectivity index (χ4v) is 1.04. The van der Waals surface area contributed by atoms with E-state index in [1.165, 1.54) is 0 Å². The van der Waals surface area contributed by atoms with Crippen LogP contribution in [0.15, 0.2) is 18.5 Å². The highest BCUT2D eigenvalue weighted by Gasteiger charge is 2.01. The van der Waals surface area contributed by atoms with E-state index in [-0.39, 0.29) is 0 Å². The minimum atomic E-state index is 0.810. The minimum Gasteiger partial charge on any atom is -0.494 e. The Morgan fingerprint density at radius 3 is 3.36 bits per heavy atom. The van der Waals surface area contributed by atoms with Crippen molar-refractivity contribution in [1.82, 2.24) is 9.97 Å². The Hall–Kier alpha value is -1.51. The van der Waals surface area contributed by atoms with Crippen LogP contribution in [0.2, 0.25) is 0 Å². The topological polar surface area (TPSA) is 37.9 Å². The summed E-state index contributed by atoms with van der Waals surface area (Å²) in [5, 5.41) is 0.968. The van der Waals surface area contributed by atoms with Gasteiger partial charge in [0.15, 0.2) is 0 Å². The number of hydrogen-bond donors (Lipinski definition) is 1. The first-order valence-corrected chi connectivity index (χ1v) is 3.29. The number of H-pyrrole nitrogens is 1. The van der Waals surface area contributed by atoms with E-state index in [2.05, 4.69) is 16.0 Å². The molecule has 55 valence electrons. The number of aromatic amines is 1. The van der Waals surface area contributed by atoms with Gasteiger partial charge in [-0.05, 0) is 6.07 Å². The van der Waals surface area contributed by atoms with Crippen molar-refractivity contribution in [2.24, 2.45) is 0 Å². The number of methoxy groups -OCH3 is 1. The van der Waals surface area contributed by atoms with Gasteiger partial charge in [-0.25, -0.2) is 4.98 Å². The van der Waals surface area contributed by atoms with Crippen LogP contribution in [0.3, 0.4) is 0 Å². The van der Waals surface area contributed by atoms with Crippen LogP contribution in [-0.2, 0) is 0 Å². The maximum absolute atomic E-state index is 5.08. The Morgan fingerprint density at radius 2 is 2.55 bits per heavy atom. The van der Waals surface area contributed by atoms with Crippen LogP contribution in [0.25, 0.3) is 11.0 Å². The standard InChI is InChI=1S/C8H7N2O/c1-11-7-5-10-8-6(7)3-2-4-9-8/h3-5H,1H3,(H,9,10). The van der Waals surface area contributed by atoms with E-state index in [0.717, 1.165) is 16.8 Å². The molecule has 0 unspecified atom stereocenters. The second-order valence-electron chi connectivity index (χ2n) is 2.19. The van der Waals surface area contributed by atoms with Crippen LogP contribution in [0.4, 0.5) is 0 Å². The van der Waals surface area contributed by atoms with Gasteiger partial charge in [-0.1, -0.05) is 0 Å². The lowest BCUT2D eigenvalue weighted by molar-refractivity contribution is 0.419. The molecule has 1 radical (unpaired) electrons. The molecule has 0 saturated heterocycles. The number of hydrogen-bond acceptors (Lipinski definition) is 2. The zero-order valence-electron chi connectivity index (χ0n) is 6.09. The minimum absolute atomic E-state index is 0.810. The van der Waals surface area contributed by atoms with Gasteiger partial charge in [0.2, 0.25) is 0 Å². The molecule has 0 fully saturated rings. The van der Waals surface area contributed by atoms with Crippen LogP contribution in [0, 0.1) is 6.07 Å². The van der Waals surface area contributed by atoms with Gasteiger partial charge >= 0.3 is 0 Å². The van der Waals surface area contributed by atoms with E-state index < -0.39 is 0 Å². The Balaban J connectivity index is 2.76. The number of fused-ring (bicyclic) bond motifs is 1. The van der Waals surface area contributed by atoms with E-state index in [4.69, 9.17) is 4.74 Å². The molecule has 0 aromatic carbocycles. The number of pyridine rings is 1. The Morgan fingerprint density at radius 1 is 1.64 bits per heavy atom. The smallest absolute Gasteiger partial charge is 0.145 e. The first-order valence-electron chi connectivity index (χ1n) is 3.29. The molecule has 0 aliphatic carbocycles. The van der Waals surface area contributed by atoms with Crippen LogP contribution in [0.5, 0.6) is 5.75 Å². The number of nitrogens with zero attached hydrogens (tertiary/aromatic N) is 1. The van der Waals surface area contributed by atoms with Crippen LogP contribution < -0.4 is 4.74 Å². The van der Waals surface area contributed by atoms with Crippen molar-refractivity contribution in [2.75, 3.05) is 7.11 Å². The highest BCUT2D eigenvalue weighted by atomic mass is 16.5. The van der Waals surface area contributed by atoms with Gasteiger partial charge in [0.1, 0.15) is 11.4 Å². The molecule has 0 atom stereocenters. The monoisotopic (exact) mass is 147 g/mol. The molecular formula is C8H7N2O. The van der Waals surface area contributed by atoms with Crippen LogP contribution in [-0.4, -0.2) is 17.1 Å². The van der Waals surface area contributed by atoms with Gasteiger partial charge in [0, 0.05) is 18.5 Å². The molecular weight excluding hydrogens is 140 g/mol. The van der Waals surface area contributed by atoms with Crippen molar-refractivity contribution in [2.45, 2.75) is 0 Å². The average molecular weight is 147 g/mol. The van der Waals surface area contributed by atoms with Crippen LogP contribution >= 0.6 is 0 Å². The summed E-state index contributed by atoms with van der Waals surface area (Å²) in [7, 11) is 1.63. The summed E-state index contributed by atoms with van der Waals surface area (Å²) in [5.41, 5.74) is 0.834. The summed E-state index contributed by atoms with van der Waals surface area (Å²) in [4.78, 5) is 7.04. The van der Waals surface area contributed by atoms with Gasteiger partial charge in [-0.2, -0.15) is 0 Å². The normalized spacial score (nSPS) is 10.3. The summed E-state index contributed by atoms with van der Waals surface area (Å²) >= 11 is 0. The predicted molar refractivity (Wildman–Crippen MR) is 41.5 cm³/mol. The molecule has 0 spiro atoms. The van der Waals surface area contributed by atoms with Gasteiger partial charge in [0.05, 0.1) is 12.5 Å². The number of rotatable bonds is 1. The molecule has 1 N–H and O–H groups in total. The number of aromatic nitrogens is 2. The fraction of sp³-hybridized carbons (Fsp3) is 0.125. The first kappa shape index (κ1) is 6.22. The second kappa shape index (κ2) is 2.27. The van der Waals surface area contributed by atoms with Gasteiger partial charge < -0.3 is 9.72 Å².